The smallest absolute Gasteiger partial charge is 0.263 e. The number of fused-ring (bicyclic) bond motifs is 1. The fourth-order valence-electron chi connectivity index (χ4n) is 3.95. The van der Waals surface area contributed by atoms with Crippen molar-refractivity contribution in [3.05, 3.63) is 87.8 Å². The molecule has 0 saturated heterocycles. The summed E-state index contributed by atoms with van der Waals surface area (Å²) in [6, 6.07) is 16.9. The molecule has 2 aromatic carbocycles. The molecule has 8 heteroatoms. The minimum Gasteiger partial charge on any atom is -0.544 e. The quantitative estimate of drug-likeness (QED) is 0.110. The maximum atomic E-state index is 13.1. The van der Waals surface area contributed by atoms with Gasteiger partial charge in [0.25, 0.3) is 5.56 Å². The lowest BCUT2D eigenvalue weighted by Gasteiger charge is -2.36. The van der Waals surface area contributed by atoms with Crippen molar-refractivity contribution in [2.75, 3.05) is 6.26 Å². The Morgan fingerprint density at radius 2 is 1.59 bits per heavy atom. The van der Waals surface area contributed by atoms with E-state index in [1.54, 1.807) is 4.57 Å². The number of ketones is 1. The average Bonchev–Trinajstić information content (AvgIpc) is 3.26. The van der Waals surface area contributed by atoms with Crippen molar-refractivity contribution in [3.8, 4) is 5.75 Å². The van der Waals surface area contributed by atoms with Gasteiger partial charge in [0.1, 0.15) is 11.4 Å². The van der Waals surface area contributed by atoms with Crippen molar-refractivity contribution in [2.45, 2.75) is 64.1 Å². The van der Waals surface area contributed by atoms with Gasteiger partial charge in [-0.25, -0.2) is 4.98 Å². The van der Waals surface area contributed by atoms with Crippen LogP contribution >= 0.6 is 11.8 Å². The average molecular weight is 534 g/mol. The van der Waals surface area contributed by atoms with Gasteiger partial charge in [0, 0.05) is 30.4 Å². The molecule has 6 nitrogen and oxygen atoms in total. The lowest BCUT2D eigenvalue weighted by atomic mass is 10.0. The molecule has 0 bridgehead atoms. The summed E-state index contributed by atoms with van der Waals surface area (Å²) in [5, 5.41) is 1.44. The molecule has 2 heterocycles. The van der Waals surface area contributed by atoms with E-state index in [0.29, 0.717) is 40.4 Å². The van der Waals surface area contributed by atoms with Crippen molar-refractivity contribution in [3.63, 3.8) is 0 Å². The Morgan fingerprint density at radius 3 is 2.14 bits per heavy atom. The van der Waals surface area contributed by atoms with Gasteiger partial charge in [-0.2, -0.15) is 0 Å². The Balaban J connectivity index is 1.50. The number of carbonyl (C=O) groups excluding carboxylic acids is 1. The van der Waals surface area contributed by atoms with Crippen LogP contribution in [0.1, 0.15) is 49.2 Å². The Hall–Kier alpha value is -3.10. The van der Waals surface area contributed by atoms with Gasteiger partial charge in [-0.15, -0.1) is 0 Å². The summed E-state index contributed by atoms with van der Waals surface area (Å²) in [5.74, 6) is 0.782. The molecule has 0 amide bonds. The highest BCUT2D eigenvalue weighted by molar-refractivity contribution is 7.98. The zero-order valence-corrected chi connectivity index (χ0v) is 24.5. The van der Waals surface area contributed by atoms with E-state index in [9.17, 15) is 9.59 Å². The van der Waals surface area contributed by atoms with Crippen LogP contribution in [-0.2, 0) is 13.1 Å². The first-order valence-electron chi connectivity index (χ1n) is 12.5. The predicted octanol–water partition coefficient (Wildman–Crippen LogP) is 6.60. The molecule has 0 saturated carbocycles. The second-order valence-electron chi connectivity index (χ2n) is 10.7. The molecule has 0 fully saturated rings. The fraction of sp³-hybridized carbons (Fsp3) is 0.345. The van der Waals surface area contributed by atoms with Gasteiger partial charge in [-0.3, -0.25) is 14.2 Å². The molecule has 0 radical (unpaired) electrons. The summed E-state index contributed by atoms with van der Waals surface area (Å²) in [5.41, 5.74) is 2.95. The van der Waals surface area contributed by atoms with Gasteiger partial charge >= 0.3 is 0 Å². The number of hydrogen-bond acceptors (Lipinski definition) is 5. The molecule has 0 aliphatic carbocycles. The summed E-state index contributed by atoms with van der Waals surface area (Å²) < 4.78 is 10.0. The van der Waals surface area contributed by atoms with Crippen LogP contribution in [0.3, 0.4) is 0 Å². The van der Waals surface area contributed by atoms with E-state index in [1.165, 1.54) is 11.8 Å². The Kier molecular flexibility index (Phi) is 7.53. The number of aromatic nitrogens is 3. The first kappa shape index (κ1) is 26.9. The number of carbonyl (C=O) groups is 1. The van der Waals surface area contributed by atoms with Crippen molar-refractivity contribution < 1.29 is 9.22 Å². The van der Waals surface area contributed by atoms with Gasteiger partial charge < -0.3 is 8.99 Å². The van der Waals surface area contributed by atoms with Gasteiger partial charge in [-0.05, 0) is 67.2 Å². The Bertz CT molecular complexity index is 1480. The van der Waals surface area contributed by atoms with Gasteiger partial charge in [0.05, 0.1) is 5.39 Å². The molecule has 0 spiro atoms. The fourth-order valence-corrected chi connectivity index (χ4v) is 5.59. The van der Waals surface area contributed by atoms with Gasteiger partial charge in [0.2, 0.25) is 8.32 Å². The number of rotatable bonds is 8. The SMILES string of the molecule is CCn1c(SC)nc2c(ccn2Cc2ccc(C(=O)c3ccc(O[Si](C)(C)C(C)(C)C)cc3)cc2)c1=O. The predicted molar refractivity (Wildman–Crippen MR) is 155 cm³/mol. The first-order valence-corrected chi connectivity index (χ1v) is 16.6. The van der Waals surface area contributed by atoms with Crippen molar-refractivity contribution in [2.24, 2.45) is 0 Å². The zero-order chi connectivity index (χ0) is 27.0. The minimum absolute atomic E-state index is 0.0164. The number of benzene rings is 2. The van der Waals surface area contributed by atoms with E-state index in [4.69, 9.17) is 9.41 Å². The third kappa shape index (κ3) is 5.45. The van der Waals surface area contributed by atoms with Crippen LogP contribution in [-0.4, -0.2) is 34.5 Å². The van der Waals surface area contributed by atoms with Crippen molar-refractivity contribution >= 4 is 36.9 Å². The Labute approximate surface area is 223 Å². The van der Waals surface area contributed by atoms with Crippen LogP contribution in [0.15, 0.2) is 70.7 Å². The summed E-state index contributed by atoms with van der Waals surface area (Å²) in [4.78, 5) is 30.7. The third-order valence-corrected chi connectivity index (χ3v) is 12.2. The second-order valence-corrected chi connectivity index (χ2v) is 16.2. The highest BCUT2D eigenvalue weighted by atomic mass is 32.2. The molecule has 37 heavy (non-hydrogen) atoms. The molecule has 194 valence electrons. The molecule has 2 aromatic heterocycles. The van der Waals surface area contributed by atoms with E-state index in [1.807, 2.05) is 78.5 Å². The molecule has 0 aliphatic heterocycles. The van der Waals surface area contributed by atoms with Crippen LogP contribution in [0.2, 0.25) is 18.1 Å². The highest BCUT2D eigenvalue weighted by Gasteiger charge is 2.38. The van der Waals surface area contributed by atoms with E-state index in [-0.39, 0.29) is 16.4 Å². The largest absolute Gasteiger partial charge is 0.544 e. The minimum atomic E-state index is -1.93. The van der Waals surface area contributed by atoms with Gasteiger partial charge in [0.15, 0.2) is 10.9 Å². The standard InChI is InChI=1S/C29H35N3O3SSi/c1-8-32-27(34)24-17-18-31(26(24)30-28(32)36-5)19-20-9-11-21(12-10-20)25(33)22-13-15-23(16-14-22)35-37(6,7)29(2,3)4/h9-18H,8,19H2,1-7H3. The monoisotopic (exact) mass is 533 g/mol. The van der Waals surface area contributed by atoms with Crippen LogP contribution in [0.5, 0.6) is 5.75 Å². The number of nitrogens with zero attached hydrogens (tertiary/aromatic N) is 3. The molecule has 0 atom stereocenters. The summed E-state index contributed by atoms with van der Waals surface area (Å²) in [6.07, 6.45) is 3.83. The lowest BCUT2D eigenvalue weighted by Crippen LogP contribution is -2.43. The second kappa shape index (κ2) is 10.3. The number of hydrogen-bond donors (Lipinski definition) is 0. The zero-order valence-electron chi connectivity index (χ0n) is 22.7. The highest BCUT2D eigenvalue weighted by Crippen LogP contribution is 2.37. The summed E-state index contributed by atoms with van der Waals surface area (Å²) in [7, 11) is -1.93. The molecule has 4 rings (SSSR count). The summed E-state index contributed by atoms with van der Waals surface area (Å²) in [6.45, 7) is 14.1. The molecule has 0 unspecified atom stereocenters. The molecule has 4 aromatic rings. The van der Waals surface area contributed by atoms with E-state index in [0.717, 1.165) is 11.3 Å². The Morgan fingerprint density at radius 1 is 1.00 bits per heavy atom. The van der Waals surface area contributed by atoms with Crippen molar-refractivity contribution in [1.29, 1.82) is 0 Å². The molecular formula is C29H35N3O3SSi. The molecule has 0 aliphatic rings. The van der Waals surface area contributed by atoms with Crippen LogP contribution in [0, 0.1) is 0 Å². The van der Waals surface area contributed by atoms with Crippen LogP contribution < -0.4 is 9.99 Å². The topological polar surface area (TPSA) is 66.1 Å². The van der Waals surface area contributed by atoms with E-state index >= 15 is 0 Å². The lowest BCUT2D eigenvalue weighted by molar-refractivity contribution is 0.103. The molecule has 0 N–H and O–H groups in total. The van der Waals surface area contributed by atoms with Crippen molar-refractivity contribution in [1.82, 2.24) is 14.1 Å². The van der Waals surface area contributed by atoms with E-state index in [2.05, 4.69) is 33.9 Å². The van der Waals surface area contributed by atoms with Gasteiger partial charge in [-0.1, -0.05) is 56.8 Å². The van der Waals surface area contributed by atoms with Crippen LogP contribution in [0.4, 0.5) is 0 Å². The summed E-state index contributed by atoms with van der Waals surface area (Å²) >= 11 is 1.47. The maximum absolute atomic E-state index is 13.1. The van der Waals surface area contributed by atoms with E-state index < -0.39 is 8.32 Å². The third-order valence-electron chi connectivity index (χ3n) is 7.21. The maximum Gasteiger partial charge on any atom is 0.263 e. The van der Waals surface area contributed by atoms with Crippen LogP contribution in [0.25, 0.3) is 11.0 Å². The normalized spacial score (nSPS) is 12.2. The first-order chi connectivity index (χ1) is 17.4. The molecular weight excluding hydrogens is 498 g/mol. The number of thioether (sulfide) groups is 1.